The molecule has 0 saturated heterocycles. The van der Waals surface area contributed by atoms with E-state index in [1.807, 2.05) is 0 Å². The van der Waals surface area contributed by atoms with Crippen LogP contribution in [-0.4, -0.2) is 49.6 Å². The van der Waals surface area contributed by atoms with Crippen molar-refractivity contribution in [3.05, 3.63) is 11.6 Å². The molecular formula is C10H13NO5. The minimum Gasteiger partial charge on any atom is -0.466 e. The summed E-state index contributed by atoms with van der Waals surface area (Å²) in [6.07, 6.45) is 1.17. The predicted molar refractivity (Wildman–Crippen MR) is 53.3 cm³/mol. The quantitative estimate of drug-likeness (QED) is 0.605. The molecule has 1 heterocycles. The standard InChI is InChI=1S/C10H13NO5/c1-3-16-9(13)6-11-5-7(4-8(11)12)10(14)15-2/h4H,3,5-6H2,1-2H3. The van der Waals surface area contributed by atoms with Gasteiger partial charge in [-0.15, -0.1) is 0 Å². The van der Waals surface area contributed by atoms with Crippen molar-refractivity contribution in [1.82, 2.24) is 4.90 Å². The first-order valence-electron chi connectivity index (χ1n) is 4.82. The number of hydrogen-bond acceptors (Lipinski definition) is 5. The summed E-state index contributed by atoms with van der Waals surface area (Å²) in [5.74, 6) is -1.43. The van der Waals surface area contributed by atoms with Crippen molar-refractivity contribution >= 4 is 17.8 Å². The zero-order valence-corrected chi connectivity index (χ0v) is 9.19. The fraction of sp³-hybridized carbons (Fsp3) is 0.500. The summed E-state index contributed by atoms with van der Waals surface area (Å²) < 4.78 is 9.18. The molecule has 1 rings (SSSR count). The van der Waals surface area contributed by atoms with E-state index >= 15 is 0 Å². The van der Waals surface area contributed by atoms with Gasteiger partial charge in [-0.2, -0.15) is 0 Å². The summed E-state index contributed by atoms with van der Waals surface area (Å²) in [6.45, 7) is 1.88. The molecule has 1 aliphatic heterocycles. The number of carbonyl (C=O) groups is 3. The first kappa shape index (κ1) is 12.2. The van der Waals surface area contributed by atoms with Crippen molar-refractivity contribution in [2.24, 2.45) is 0 Å². The smallest absolute Gasteiger partial charge is 0.335 e. The van der Waals surface area contributed by atoms with Crippen LogP contribution in [0.3, 0.4) is 0 Å². The normalized spacial score (nSPS) is 14.8. The van der Waals surface area contributed by atoms with Crippen molar-refractivity contribution in [2.45, 2.75) is 6.92 Å². The van der Waals surface area contributed by atoms with Crippen LogP contribution in [0.5, 0.6) is 0 Å². The van der Waals surface area contributed by atoms with Crippen LogP contribution in [0.4, 0.5) is 0 Å². The van der Waals surface area contributed by atoms with Crippen LogP contribution < -0.4 is 0 Å². The molecular weight excluding hydrogens is 214 g/mol. The van der Waals surface area contributed by atoms with Crippen molar-refractivity contribution in [3.8, 4) is 0 Å². The minimum atomic E-state index is -0.556. The summed E-state index contributed by atoms with van der Waals surface area (Å²) in [7, 11) is 1.24. The molecule has 6 nitrogen and oxygen atoms in total. The van der Waals surface area contributed by atoms with Crippen molar-refractivity contribution < 1.29 is 23.9 Å². The molecule has 0 saturated carbocycles. The molecule has 16 heavy (non-hydrogen) atoms. The highest BCUT2D eigenvalue weighted by Gasteiger charge is 2.27. The van der Waals surface area contributed by atoms with Gasteiger partial charge in [-0.25, -0.2) is 4.79 Å². The highest BCUT2D eigenvalue weighted by Crippen LogP contribution is 2.11. The third-order valence-electron chi connectivity index (χ3n) is 2.04. The number of hydrogen-bond donors (Lipinski definition) is 0. The van der Waals surface area contributed by atoms with Gasteiger partial charge in [0.25, 0.3) is 0 Å². The molecule has 0 spiro atoms. The highest BCUT2D eigenvalue weighted by atomic mass is 16.5. The van der Waals surface area contributed by atoms with Gasteiger partial charge in [0.2, 0.25) is 5.91 Å². The van der Waals surface area contributed by atoms with E-state index in [-0.39, 0.29) is 31.2 Å². The van der Waals surface area contributed by atoms with Crippen molar-refractivity contribution in [2.75, 3.05) is 26.8 Å². The first-order chi connectivity index (χ1) is 7.58. The van der Waals surface area contributed by atoms with Crippen LogP contribution >= 0.6 is 0 Å². The molecule has 0 N–H and O–H groups in total. The number of esters is 2. The Morgan fingerprint density at radius 2 is 2.19 bits per heavy atom. The highest BCUT2D eigenvalue weighted by molar-refractivity contribution is 6.03. The average Bonchev–Trinajstić information content (AvgIpc) is 2.59. The maximum atomic E-state index is 11.4. The van der Waals surface area contributed by atoms with E-state index < -0.39 is 11.9 Å². The van der Waals surface area contributed by atoms with Gasteiger partial charge in [0, 0.05) is 6.08 Å². The molecule has 1 amide bonds. The Kier molecular flexibility index (Phi) is 4.04. The molecule has 0 unspecified atom stereocenters. The molecule has 88 valence electrons. The second-order valence-corrected chi connectivity index (χ2v) is 3.16. The number of methoxy groups -OCH3 is 1. The van der Waals surface area contributed by atoms with Gasteiger partial charge in [0.05, 0.1) is 25.8 Å². The van der Waals surface area contributed by atoms with Crippen LogP contribution in [-0.2, 0) is 23.9 Å². The van der Waals surface area contributed by atoms with Crippen LogP contribution in [0.25, 0.3) is 0 Å². The molecule has 1 aliphatic rings. The van der Waals surface area contributed by atoms with E-state index in [0.29, 0.717) is 0 Å². The van der Waals surface area contributed by atoms with E-state index in [0.717, 1.165) is 0 Å². The Morgan fingerprint density at radius 1 is 1.50 bits per heavy atom. The molecule has 0 fully saturated rings. The lowest BCUT2D eigenvalue weighted by Gasteiger charge is -2.14. The number of carbonyl (C=O) groups excluding carboxylic acids is 3. The van der Waals surface area contributed by atoms with Crippen LogP contribution in [0.2, 0.25) is 0 Å². The Morgan fingerprint density at radius 3 is 2.75 bits per heavy atom. The lowest BCUT2D eigenvalue weighted by molar-refractivity contribution is -0.147. The fourth-order valence-electron chi connectivity index (χ4n) is 1.32. The Hall–Kier alpha value is -1.85. The lowest BCUT2D eigenvalue weighted by Crippen LogP contribution is -2.33. The predicted octanol–water partition coefficient (Wildman–Crippen LogP) is -0.509. The Balaban J connectivity index is 2.54. The third kappa shape index (κ3) is 2.82. The maximum absolute atomic E-state index is 11.4. The SMILES string of the molecule is CCOC(=O)CN1CC(C(=O)OC)=CC1=O. The second-order valence-electron chi connectivity index (χ2n) is 3.16. The first-order valence-corrected chi connectivity index (χ1v) is 4.82. The Bertz CT molecular complexity index is 347. The molecule has 0 aliphatic carbocycles. The largest absolute Gasteiger partial charge is 0.466 e. The van der Waals surface area contributed by atoms with Gasteiger partial charge < -0.3 is 14.4 Å². The van der Waals surface area contributed by atoms with Gasteiger partial charge in [-0.1, -0.05) is 0 Å². The number of rotatable bonds is 4. The van der Waals surface area contributed by atoms with E-state index in [4.69, 9.17) is 4.74 Å². The summed E-state index contributed by atoms with van der Waals surface area (Å²) in [5, 5.41) is 0. The molecule has 0 aromatic rings. The zero-order chi connectivity index (χ0) is 12.1. The van der Waals surface area contributed by atoms with E-state index in [1.165, 1.54) is 18.1 Å². The van der Waals surface area contributed by atoms with Gasteiger partial charge in [0.1, 0.15) is 6.54 Å². The van der Waals surface area contributed by atoms with E-state index in [1.54, 1.807) is 6.92 Å². The van der Waals surface area contributed by atoms with Gasteiger partial charge in [0.15, 0.2) is 0 Å². The fourth-order valence-corrected chi connectivity index (χ4v) is 1.32. The molecule has 0 aromatic heterocycles. The van der Waals surface area contributed by atoms with Gasteiger partial charge >= 0.3 is 11.9 Å². The summed E-state index contributed by atoms with van der Waals surface area (Å²) >= 11 is 0. The average molecular weight is 227 g/mol. The number of nitrogens with zero attached hydrogens (tertiary/aromatic N) is 1. The van der Waals surface area contributed by atoms with Crippen LogP contribution in [0, 0.1) is 0 Å². The topological polar surface area (TPSA) is 72.9 Å². The molecule has 0 bridgehead atoms. The lowest BCUT2D eigenvalue weighted by atomic mass is 10.3. The summed E-state index contributed by atoms with van der Waals surface area (Å²) in [4.78, 5) is 34.9. The molecule has 6 heteroatoms. The summed E-state index contributed by atoms with van der Waals surface area (Å²) in [5.41, 5.74) is 0.247. The van der Waals surface area contributed by atoms with E-state index in [9.17, 15) is 14.4 Å². The second kappa shape index (κ2) is 5.29. The van der Waals surface area contributed by atoms with Gasteiger partial charge in [-0.05, 0) is 6.92 Å². The number of amides is 1. The van der Waals surface area contributed by atoms with Crippen LogP contribution in [0.1, 0.15) is 6.92 Å². The monoisotopic (exact) mass is 227 g/mol. The summed E-state index contributed by atoms with van der Waals surface area (Å²) in [6, 6.07) is 0. The Labute approximate surface area is 92.8 Å². The van der Waals surface area contributed by atoms with E-state index in [2.05, 4.69) is 4.74 Å². The van der Waals surface area contributed by atoms with Crippen molar-refractivity contribution in [3.63, 3.8) is 0 Å². The zero-order valence-electron chi connectivity index (χ0n) is 9.19. The minimum absolute atomic E-state index is 0.0876. The van der Waals surface area contributed by atoms with Gasteiger partial charge in [-0.3, -0.25) is 9.59 Å². The molecule has 0 radical (unpaired) electrons. The third-order valence-corrected chi connectivity index (χ3v) is 2.04. The van der Waals surface area contributed by atoms with Crippen LogP contribution in [0.15, 0.2) is 11.6 Å². The molecule has 0 aromatic carbocycles. The number of ether oxygens (including phenoxy) is 2. The molecule has 0 atom stereocenters. The maximum Gasteiger partial charge on any atom is 0.335 e. The van der Waals surface area contributed by atoms with Crippen molar-refractivity contribution in [1.29, 1.82) is 0 Å².